The van der Waals surface area contributed by atoms with Crippen molar-refractivity contribution in [2.45, 2.75) is 43.3 Å². The minimum atomic E-state index is -5.04. The van der Waals surface area contributed by atoms with Gasteiger partial charge in [-0.2, -0.15) is 13.2 Å². The Balaban J connectivity index is 1.30. The summed E-state index contributed by atoms with van der Waals surface area (Å²) in [4.78, 5) is 36.3. The molecule has 1 fully saturated rings. The molecule has 3 N–H and O–H groups in total. The summed E-state index contributed by atoms with van der Waals surface area (Å²) in [7, 11) is -4.01. The molecular formula is C24H25F3N4O5S. The van der Waals surface area contributed by atoms with Gasteiger partial charge in [0.2, 0.25) is 15.9 Å². The van der Waals surface area contributed by atoms with Crippen LogP contribution in [0.25, 0.3) is 0 Å². The van der Waals surface area contributed by atoms with Crippen LogP contribution < -0.4 is 20.3 Å². The van der Waals surface area contributed by atoms with Gasteiger partial charge in [0.1, 0.15) is 0 Å². The molecule has 1 aliphatic carbocycles. The summed E-state index contributed by atoms with van der Waals surface area (Å²) in [6.07, 6.45) is -3.20. The number of fused-ring (bicyclic) bond motifs is 1. The van der Waals surface area contributed by atoms with Gasteiger partial charge < -0.3 is 15.5 Å². The van der Waals surface area contributed by atoms with E-state index in [2.05, 4.69) is 15.4 Å². The van der Waals surface area contributed by atoms with Crippen molar-refractivity contribution in [3.63, 3.8) is 0 Å². The van der Waals surface area contributed by atoms with Gasteiger partial charge >= 0.3 is 12.1 Å². The van der Waals surface area contributed by atoms with E-state index in [1.165, 1.54) is 19.1 Å². The largest absolute Gasteiger partial charge is 0.471 e. The van der Waals surface area contributed by atoms with Gasteiger partial charge in [-0.15, -0.1) is 0 Å². The number of benzene rings is 2. The first kappa shape index (κ1) is 26.6. The van der Waals surface area contributed by atoms with E-state index in [1.54, 1.807) is 24.3 Å². The van der Waals surface area contributed by atoms with E-state index >= 15 is 0 Å². The lowest BCUT2D eigenvalue weighted by Gasteiger charge is -2.23. The van der Waals surface area contributed by atoms with Crippen LogP contribution in [0.3, 0.4) is 0 Å². The zero-order valence-electron chi connectivity index (χ0n) is 19.8. The number of sulfonamides is 1. The predicted molar refractivity (Wildman–Crippen MR) is 128 cm³/mol. The summed E-state index contributed by atoms with van der Waals surface area (Å²) in [6.45, 7) is 1.31. The maximum Gasteiger partial charge on any atom is 0.471 e. The van der Waals surface area contributed by atoms with E-state index in [0.29, 0.717) is 21.7 Å². The highest BCUT2D eigenvalue weighted by molar-refractivity contribution is 7.89. The van der Waals surface area contributed by atoms with Gasteiger partial charge in [0.05, 0.1) is 4.90 Å². The van der Waals surface area contributed by atoms with Gasteiger partial charge in [-0.1, -0.05) is 0 Å². The van der Waals surface area contributed by atoms with Crippen molar-refractivity contribution in [1.82, 2.24) is 10.0 Å². The number of hydrogen-bond acceptors (Lipinski definition) is 5. The van der Waals surface area contributed by atoms with E-state index in [-0.39, 0.29) is 41.9 Å². The Hall–Kier alpha value is -3.45. The van der Waals surface area contributed by atoms with Gasteiger partial charge in [0.15, 0.2) is 0 Å². The second-order valence-electron chi connectivity index (χ2n) is 9.01. The number of carbonyl (C=O) groups excluding carboxylic acids is 3. The fourth-order valence-electron chi connectivity index (χ4n) is 4.06. The number of halogens is 3. The van der Waals surface area contributed by atoms with Crippen molar-refractivity contribution in [2.75, 3.05) is 23.3 Å². The van der Waals surface area contributed by atoms with Crippen molar-refractivity contribution < 1.29 is 36.0 Å². The van der Waals surface area contributed by atoms with Crippen LogP contribution in [0.15, 0.2) is 47.4 Å². The SMILES string of the molecule is CC1Cc2cc(S(=O)(=O)NCCNC(=O)c3ccc(NC(=O)C4CC4)cc3)ccc2N1C(=O)C(F)(F)F. The van der Waals surface area contributed by atoms with Crippen LogP contribution in [0.2, 0.25) is 0 Å². The number of amides is 3. The molecule has 1 heterocycles. The Bertz CT molecular complexity index is 1320. The highest BCUT2D eigenvalue weighted by Crippen LogP contribution is 2.36. The smallest absolute Gasteiger partial charge is 0.351 e. The molecule has 9 nitrogen and oxygen atoms in total. The number of rotatable bonds is 8. The maximum absolute atomic E-state index is 12.9. The van der Waals surface area contributed by atoms with Gasteiger partial charge in [-0.25, -0.2) is 13.1 Å². The lowest BCUT2D eigenvalue weighted by molar-refractivity contribution is -0.170. The Morgan fingerprint density at radius 1 is 1.03 bits per heavy atom. The van der Waals surface area contributed by atoms with E-state index in [4.69, 9.17) is 0 Å². The lowest BCUT2D eigenvalue weighted by Crippen LogP contribution is -2.44. The van der Waals surface area contributed by atoms with E-state index in [9.17, 15) is 36.0 Å². The van der Waals surface area contributed by atoms with Crippen molar-refractivity contribution in [1.29, 1.82) is 0 Å². The zero-order chi connectivity index (χ0) is 27.0. The van der Waals surface area contributed by atoms with E-state index in [0.717, 1.165) is 18.9 Å². The van der Waals surface area contributed by atoms with Crippen LogP contribution in [-0.4, -0.2) is 51.4 Å². The molecule has 0 bridgehead atoms. The molecule has 198 valence electrons. The third-order valence-corrected chi connectivity index (χ3v) is 7.56. The topological polar surface area (TPSA) is 125 Å². The van der Waals surface area contributed by atoms with Crippen LogP contribution >= 0.6 is 0 Å². The Morgan fingerprint density at radius 2 is 1.70 bits per heavy atom. The van der Waals surface area contributed by atoms with Crippen LogP contribution in [0.4, 0.5) is 24.5 Å². The molecule has 4 rings (SSSR count). The molecule has 1 atom stereocenters. The minimum absolute atomic E-state index is 0.0198. The van der Waals surface area contributed by atoms with E-state index < -0.39 is 34.1 Å². The van der Waals surface area contributed by atoms with Crippen molar-refractivity contribution in [2.24, 2.45) is 5.92 Å². The fourth-order valence-corrected chi connectivity index (χ4v) is 5.14. The zero-order valence-corrected chi connectivity index (χ0v) is 20.6. The number of anilines is 2. The molecular weight excluding hydrogens is 513 g/mol. The standard InChI is InChI=1S/C24H25F3N4O5S/c1-14-12-17-13-19(8-9-20(17)31(14)23(34)24(25,26)27)37(35,36)29-11-10-28-21(32)15-4-6-18(7-5-15)30-22(33)16-2-3-16/h4-9,13-14,16,29H,2-3,10-12H2,1H3,(H,28,32)(H,30,33). The number of carbonyl (C=O) groups is 3. The molecule has 2 aliphatic rings. The molecule has 2 aromatic rings. The molecule has 1 saturated carbocycles. The highest BCUT2D eigenvalue weighted by Gasteiger charge is 2.47. The summed E-state index contributed by atoms with van der Waals surface area (Å²) in [5.41, 5.74) is 1.26. The molecule has 0 spiro atoms. The first-order chi connectivity index (χ1) is 17.4. The van der Waals surface area contributed by atoms with Crippen molar-refractivity contribution >= 4 is 39.1 Å². The molecule has 1 aliphatic heterocycles. The molecule has 0 aromatic heterocycles. The minimum Gasteiger partial charge on any atom is -0.351 e. The quantitative estimate of drug-likeness (QED) is 0.446. The Morgan fingerprint density at radius 3 is 2.32 bits per heavy atom. The first-order valence-corrected chi connectivity index (χ1v) is 13.1. The third-order valence-electron chi connectivity index (χ3n) is 6.10. The monoisotopic (exact) mass is 538 g/mol. The molecule has 1 unspecified atom stereocenters. The molecule has 0 radical (unpaired) electrons. The van der Waals surface area contributed by atoms with Gasteiger partial charge in [0.25, 0.3) is 5.91 Å². The number of nitrogens with zero attached hydrogens (tertiary/aromatic N) is 1. The van der Waals surface area contributed by atoms with Crippen LogP contribution in [0.1, 0.15) is 35.7 Å². The summed E-state index contributed by atoms with van der Waals surface area (Å²) < 4.78 is 66.4. The third kappa shape index (κ3) is 6.10. The van der Waals surface area contributed by atoms with Crippen molar-refractivity contribution in [3.05, 3.63) is 53.6 Å². The molecule has 3 amide bonds. The number of hydrogen-bond donors (Lipinski definition) is 3. The predicted octanol–water partition coefficient (Wildman–Crippen LogP) is 2.58. The molecule has 0 saturated heterocycles. The summed E-state index contributed by atoms with van der Waals surface area (Å²) >= 11 is 0. The second kappa shape index (κ2) is 10.1. The fraction of sp³-hybridized carbons (Fsp3) is 0.375. The number of alkyl halides is 3. The average molecular weight is 539 g/mol. The van der Waals surface area contributed by atoms with Crippen LogP contribution in [0, 0.1) is 5.92 Å². The van der Waals surface area contributed by atoms with Gasteiger partial charge in [-0.3, -0.25) is 14.4 Å². The summed E-state index contributed by atoms with van der Waals surface area (Å²) in [5, 5.41) is 5.36. The Labute approximate surface area is 211 Å². The molecule has 13 heteroatoms. The van der Waals surface area contributed by atoms with Crippen LogP contribution in [-0.2, 0) is 26.0 Å². The van der Waals surface area contributed by atoms with E-state index in [1.807, 2.05) is 0 Å². The Kier molecular flexibility index (Phi) is 7.29. The van der Waals surface area contributed by atoms with Gasteiger partial charge in [0, 0.05) is 42.0 Å². The normalized spacial score (nSPS) is 17.3. The lowest BCUT2D eigenvalue weighted by atomic mass is 10.1. The second-order valence-corrected chi connectivity index (χ2v) is 10.8. The summed E-state index contributed by atoms with van der Waals surface area (Å²) in [5.74, 6) is -2.42. The average Bonchev–Trinajstić information content (AvgIpc) is 3.63. The highest BCUT2D eigenvalue weighted by atomic mass is 32.2. The van der Waals surface area contributed by atoms with Gasteiger partial charge in [-0.05, 0) is 74.2 Å². The first-order valence-electron chi connectivity index (χ1n) is 11.6. The molecule has 2 aromatic carbocycles. The summed E-state index contributed by atoms with van der Waals surface area (Å²) in [6, 6.07) is 9.11. The maximum atomic E-state index is 12.9. The van der Waals surface area contributed by atoms with Crippen molar-refractivity contribution in [3.8, 4) is 0 Å². The number of nitrogens with one attached hydrogen (secondary N) is 3. The molecule has 37 heavy (non-hydrogen) atoms. The van der Waals surface area contributed by atoms with Crippen LogP contribution in [0.5, 0.6) is 0 Å².